The van der Waals surface area contributed by atoms with Crippen molar-refractivity contribution in [3.8, 4) is 11.1 Å². The number of amides is 2. The lowest BCUT2D eigenvalue weighted by Crippen LogP contribution is -2.62. The maximum Gasteiger partial charge on any atom is 0.407 e. The van der Waals surface area contributed by atoms with Gasteiger partial charge in [-0.25, -0.2) is 19.6 Å². The summed E-state index contributed by atoms with van der Waals surface area (Å²) in [6, 6.07) is 17.4. The molecule has 2 unspecified atom stereocenters. The number of pyridine rings is 1. The Labute approximate surface area is 365 Å². The number of hydrogen-bond acceptors (Lipinski definition) is 10. The van der Waals surface area contributed by atoms with Gasteiger partial charge in [-0.2, -0.15) is 16.9 Å². The predicted octanol–water partition coefficient (Wildman–Crippen LogP) is 9.75. The molecular weight excluding hydrogens is 807 g/mol. The van der Waals surface area contributed by atoms with E-state index in [1.165, 1.54) is 24.0 Å². The minimum Gasteiger partial charge on any atom is -0.476 e. The second-order valence-corrected chi connectivity index (χ2v) is 22.4. The number of rotatable bonds is 11. The van der Waals surface area contributed by atoms with Gasteiger partial charge in [0, 0.05) is 65.3 Å². The SMILES string of the molecule is Cc1c(-c2cccnc2C(=O)O)c(N2CCc3cccc(C(=O)Nc4nc5ccccc5s4)c3C2)nn1CC12CC3(C)CC(C)(C1)CC(SCCNC(=O)OC(C)(C)C)(C3)C2. The number of carboxylic acids is 1. The van der Waals surface area contributed by atoms with Crippen molar-refractivity contribution in [3.05, 3.63) is 88.9 Å². The van der Waals surface area contributed by atoms with Crippen LogP contribution in [0.3, 0.4) is 0 Å². The highest BCUT2D eigenvalue weighted by Crippen LogP contribution is 2.74. The molecular formula is C47H55N7O5S2. The third kappa shape index (κ3) is 8.13. The molecule has 5 aromatic rings. The maximum absolute atomic E-state index is 14.0. The molecule has 5 aliphatic rings. The number of thioether (sulfide) groups is 1. The number of anilines is 2. The molecule has 0 radical (unpaired) electrons. The maximum atomic E-state index is 14.0. The number of benzene rings is 2. The van der Waals surface area contributed by atoms with Crippen molar-refractivity contribution in [2.75, 3.05) is 29.1 Å². The number of carbonyl (C=O) groups is 3. The predicted molar refractivity (Wildman–Crippen MR) is 242 cm³/mol. The van der Waals surface area contributed by atoms with E-state index in [4.69, 9.17) is 9.84 Å². The summed E-state index contributed by atoms with van der Waals surface area (Å²) in [7, 11) is 0. The Morgan fingerprint density at radius 1 is 0.967 bits per heavy atom. The number of para-hydroxylation sites is 1. The Balaban J connectivity index is 1.03. The van der Waals surface area contributed by atoms with E-state index in [-0.39, 0.29) is 38.7 Å². The van der Waals surface area contributed by atoms with Crippen LogP contribution in [-0.2, 0) is 24.2 Å². The fourth-order valence-electron chi connectivity index (χ4n) is 12.3. The van der Waals surface area contributed by atoms with E-state index in [9.17, 15) is 19.5 Å². The van der Waals surface area contributed by atoms with Gasteiger partial charge in [0.15, 0.2) is 16.6 Å². The van der Waals surface area contributed by atoms with Crippen molar-refractivity contribution < 1.29 is 24.2 Å². The number of nitrogens with one attached hydrogen (secondary N) is 2. The van der Waals surface area contributed by atoms with Gasteiger partial charge in [0.2, 0.25) is 0 Å². The normalized spacial score (nSPS) is 25.4. The summed E-state index contributed by atoms with van der Waals surface area (Å²) < 4.78 is 8.75. The standard InChI is InChI=1S/C47H55N7O5S2/c1-29-36(32-13-10-17-48-37(32)40(56)57)38(53-19-16-30-11-9-12-31(33(30)21-53)39(55)51-41-50-34-14-7-8-15-35(34)61-41)52-54(29)28-46-23-44(5)22-45(6,24-46)26-47(25-44,27-46)60-20-18-49-42(58)59-43(2,3)4/h7-15,17H,16,18-28H2,1-6H3,(H,49,58)(H,56,57)(H,50,51,55). The molecule has 0 spiro atoms. The van der Waals surface area contributed by atoms with Gasteiger partial charge in [-0.1, -0.05) is 55.5 Å². The van der Waals surface area contributed by atoms with Crippen molar-refractivity contribution in [1.82, 2.24) is 25.1 Å². The second-order valence-electron chi connectivity index (χ2n) is 19.8. The summed E-state index contributed by atoms with van der Waals surface area (Å²) >= 11 is 3.47. The Morgan fingerprint density at radius 2 is 1.74 bits per heavy atom. The number of fused-ring (bicyclic) bond motifs is 2. The summed E-state index contributed by atoms with van der Waals surface area (Å²) in [4.78, 5) is 50.4. The summed E-state index contributed by atoms with van der Waals surface area (Å²) in [5.74, 6) is 0.219. The van der Waals surface area contributed by atoms with Crippen molar-refractivity contribution in [2.45, 2.75) is 110 Å². The summed E-state index contributed by atoms with van der Waals surface area (Å²) in [5, 5.41) is 22.5. The molecule has 14 heteroatoms. The van der Waals surface area contributed by atoms with E-state index in [0.29, 0.717) is 48.1 Å². The van der Waals surface area contributed by atoms with Gasteiger partial charge in [-0.15, -0.1) is 0 Å². The van der Waals surface area contributed by atoms with Gasteiger partial charge in [-0.05, 0) is 124 Å². The van der Waals surface area contributed by atoms with Crippen LogP contribution in [0.5, 0.6) is 0 Å². The molecule has 2 aromatic carbocycles. The van der Waals surface area contributed by atoms with Crippen molar-refractivity contribution in [3.63, 3.8) is 0 Å². The van der Waals surface area contributed by atoms with Gasteiger partial charge in [0.25, 0.3) is 5.91 Å². The summed E-state index contributed by atoms with van der Waals surface area (Å²) in [6.45, 7) is 15.0. The number of hydrogen-bond donors (Lipinski definition) is 3. The van der Waals surface area contributed by atoms with E-state index in [0.717, 1.165) is 77.0 Å². The molecule has 4 bridgehead atoms. The van der Waals surface area contributed by atoms with Crippen LogP contribution in [0.25, 0.3) is 21.3 Å². The molecule has 12 nitrogen and oxygen atoms in total. The number of ether oxygens (including phenoxy) is 1. The zero-order chi connectivity index (χ0) is 43.0. The molecule has 4 heterocycles. The minimum absolute atomic E-state index is 0.00937. The van der Waals surface area contributed by atoms with Crippen LogP contribution in [0.2, 0.25) is 0 Å². The fourth-order valence-corrected chi connectivity index (χ4v) is 15.1. The van der Waals surface area contributed by atoms with Crippen LogP contribution in [0.1, 0.15) is 111 Å². The second kappa shape index (κ2) is 15.1. The Bertz CT molecular complexity index is 2510. The molecule has 3 aromatic heterocycles. The van der Waals surface area contributed by atoms with Crippen LogP contribution in [-0.4, -0.2) is 72.0 Å². The highest BCUT2D eigenvalue weighted by molar-refractivity contribution is 8.00. The van der Waals surface area contributed by atoms with Gasteiger partial charge >= 0.3 is 12.1 Å². The molecule has 3 N–H and O–H groups in total. The molecule has 4 aliphatic carbocycles. The number of alkyl carbamates (subject to hydrolysis) is 1. The monoisotopic (exact) mass is 861 g/mol. The first-order chi connectivity index (χ1) is 28.9. The molecule has 0 saturated heterocycles. The van der Waals surface area contributed by atoms with Crippen molar-refractivity contribution >= 4 is 62.2 Å². The lowest BCUT2D eigenvalue weighted by atomic mass is 9.40. The van der Waals surface area contributed by atoms with Gasteiger partial charge < -0.3 is 20.1 Å². The van der Waals surface area contributed by atoms with Crippen molar-refractivity contribution in [1.29, 1.82) is 0 Å². The number of aromatic nitrogens is 4. The van der Waals surface area contributed by atoms with E-state index < -0.39 is 11.6 Å². The third-order valence-electron chi connectivity index (χ3n) is 13.1. The summed E-state index contributed by atoms with van der Waals surface area (Å²) in [5.41, 5.74) is 5.48. The minimum atomic E-state index is -1.09. The first kappa shape index (κ1) is 41.4. The number of thiazole rings is 1. The van der Waals surface area contributed by atoms with E-state index in [1.54, 1.807) is 6.07 Å². The van der Waals surface area contributed by atoms with Crippen LogP contribution in [0.15, 0.2) is 60.8 Å². The molecule has 1 aliphatic heterocycles. The first-order valence-corrected chi connectivity index (χ1v) is 23.1. The van der Waals surface area contributed by atoms with Gasteiger partial charge in [0.1, 0.15) is 5.60 Å². The van der Waals surface area contributed by atoms with Crippen LogP contribution in [0, 0.1) is 23.2 Å². The Hall–Kier alpha value is -4.95. The average molecular weight is 862 g/mol. The average Bonchev–Trinajstić information content (AvgIpc) is 3.73. The summed E-state index contributed by atoms with van der Waals surface area (Å²) in [6.07, 6.45) is 8.63. The number of aromatic carboxylic acids is 1. The smallest absolute Gasteiger partial charge is 0.407 e. The molecule has 2 atom stereocenters. The molecule has 61 heavy (non-hydrogen) atoms. The number of nitrogens with zero attached hydrogens (tertiary/aromatic N) is 5. The van der Waals surface area contributed by atoms with Crippen LogP contribution < -0.4 is 15.5 Å². The molecule has 10 rings (SSSR count). The number of carbonyl (C=O) groups excluding carboxylic acids is 2. The fraction of sp³-hybridized carbons (Fsp3) is 0.489. The van der Waals surface area contributed by atoms with E-state index >= 15 is 0 Å². The van der Waals surface area contributed by atoms with Crippen LogP contribution >= 0.6 is 23.1 Å². The molecule has 4 saturated carbocycles. The molecule has 2 amide bonds. The first-order valence-electron chi connectivity index (χ1n) is 21.3. The highest BCUT2D eigenvalue weighted by Gasteiger charge is 2.65. The highest BCUT2D eigenvalue weighted by atomic mass is 32.2. The Kier molecular flexibility index (Phi) is 10.3. The van der Waals surface area contributed by atoms with Crippen molar-refractivity contribution in [2.24, 2.45) is 16.2 Å². The van der Waals surface area contributed by atoms with Gasteiger partial charge in [0.05, 0.1) is 10.2 Å². The zero-order valence-corrected chi connectivity index (χ0v) is 37.5. The largest absolute Gasteiger partial charge is 0.476 e. The topological polar surface area (TPSA) is 152 Å². The van der Waals surface area contributed by atoms with Crippen LogP contribution in [0.4, 0.5) is 15.7 Å². The van der Waals surface area contributed by atoms with E-state index in [2.05, 4.69) is 57.0 Å². The third-order valence-corrected chi connectivity index (χ3v) is 15.5. The van der Waals surface area contributed by atoms with Gasteiger partial charge in [-0.3, -0.25) is 14.8 Å². The zero-order valence-electron chi connectivity index (χ0n) is 35.9. The Morgan fingerprint density at radius 3 is 2.48 bits per heavy atom. The lowest BCUT2D eigenvalue weighted by molar-refractivity contribution is -0.139. The molecule has 320 valence electrons. The quantitative estimate of drug-likeness (QED) is 0.110. The van der Waals surface area contributed by atoms with E-state index in [1.807, 2.05) is 75.0 Å². The number of carboxylic acid groups (broad SMARTS) is 1. The molecule has 4 fully saturated rings. The lowest BCUT2D eigenvalue weighted by Gasteiger charge is -2.69.